The lowest BCUT2D eigenvalue weighted by atomic mass is 10.1. The van der Waals surface area contributed by atoms with Crippen LogP contribution in [0.15, 0.2) is 134 Å². The molecule has 0 aromatic rings. The molecule has 0 radical (unpaired) electrons. The summed E-state index contributed by atoms with van der Waals surface area (Å²) in [7, 11) is -4.46. The first-order chi connectivity index (χ1) is 31.8. The Kier molecular flexibility index (Phi) is 46.6. The van der Waals surface area contributed by atoms with Crippen molar-refractivity contribution in [1.82, 2.24) is 5.32 Å². The van der Waals surface area contributed by atoms with Crippen LogP contribution in [0.4, 0.5) is 0 Å². The molecule has 0 fully saturated rings. The first kappa shape index (κ1) is 61.1. The Labute approximate surface area is 395 Å². The van der Waals surface area contributed by atoms with Crippen molar-refractivity contribution in [3.8, 4) is 0 Å². The molecule has 0 aliphatic rings. The van der Waals surface area contributed by atoms with Crippen molar-refractivity contribution >= 4 is 19.7 Å². The van der Waals surface area contributed by atoms with Gasteiger partial charge >= 0.3 is 13.8 Å². The third-order valence-corrected chi connectivity index (χ3v) is 10.6. The molecule has 0 saturated heterocycles. The van der Waals surface area contributed by atoms with Crippen LogP contribution in [-0.2, 0) is 27.9 Å². The Bertz CT molecular complexity index is 1520. The zero-order chi connectivity index (χ0) is 47.4. The molecule has 366 valence electrons. The van der Waals surface area contributed by atoms with E-state index in [1.807, 2.05) is 12.2 Å². The van der Waals surface area contributed by atoms with E-state index in [9.17, 15) is 24.2 Å². The molecule has 0 aliphatic carbocycles. The molecule has 1 amide bonds. The molecule has 0 saturated carbocycles. The van der Waals surface area contributed by atoms with Crippen LogP contribution in [0.3, 0.4) is 0 Å². The Balaban J connectivity index is 3.75. The van der Waals surface area contributed by atoms with Crippen LogP contribution in [0.25, 0.3) is 0 Å². The van der Waals surface area contributed by atoms with Gasteiger partial charge in [-0.15, -0.1) is 0 Å². The lowest BCUT2D eigenvalue weighted by molar-refractivity contribution is -0.147. The summed E-state index contributed by atoms with van der Waals surface area (Å²) in [5.41, 5.74) is 0. The van der Waals surface area contributed by atoms with E-state index < -0.39 is 26.5 Å². The predicted molar refractivity (Wildman–Crippen MR) is 274 cm³/mol. The van der Waals surface area contributed by atoms with Crippen LogP contribution in [0.5, 0.6) is 0 Å². The van der Waals surface area contributed by atoms with Gasteiger partial charge in [0.1, 0.15) is 12.7 Å². The van der Waals surface area contributed by atoms with Gasteiger partial charge < -0.3 is 20.1 Å². The second-order valence-corrected chi connectivity index (χ2v) is 17.2. The summed E-state index contributed by atoms with van der Waals surface area (Å²) in [5.74, 6) is -0.672. The molecule has 65 heavy (non-hydrogen) atoms. The smallest absolute Gasteiger partial charge is 0.463 e. The van der Waals surface area contributed by atoms with Crippen molar-refractivity contribution in [2.24, 2.45) is 0 Å². The molecule has 0 aromatic carbocycles. The first-order valence-electron chi connectivity index (χ1n) is 24.7. The first-order valence-corrected chi connectivity index (χ1v) is 26.2. The number of phosphoric acid groups is 1. The largest absolute Gasteiger partial charge is 0.472 e. The van der Waals surface area contributed by atoms with E-state index in [2.05, 4.69) is 135 Å². The third-order valence-electron chi connectivity index (χ3n) is 9.59. The van der Waals surface area contributed by atoms with E-state index in [1.54, 1.807) is 6.08 Å². The summed E-state index contributed by atoms with van der Waals surface area (Å²) >= 11 is 0. The number of aliphatic hydroxyl groups excluding tert-OH is 1. The molecule has 0 aliphatic heterocycles. The van der Waals surface area contributed by atoms with E-state index in [4.69, 9.17) is 13.8 Å². The fourth-order valence-electron chi connectivity index (χ4n) is 5.91. The van der Waals surface area contributed by atoms with E-state index in [0.29, 0.717) is 12.8 Å². The molecule has 0 heterocycles. The summed E-state index contributed by atoms with van der Waals surface area (Å²) in [5, 5.41) is 12.7. The topological polar surface area (TPSA) is 131 Å². The zero-order valence-corrected chi connectivity index (χ0v) is 41.3. The fourth-order valence-corrected chi connectivity index (χ4v) is 6.67. The lowest BCUT2D eigenvalue weighted by Gasteiger charge is -2.15. The van der Waals surface area contributed by atoms with Gasteiger partial charge in [-0.2, -0.15) is 0 Å². The number of ether oxygens (including phenoxy) is 1. The van der Waals surface area contributed by atoms with Crippen LogP contribution in [0.2, 0.25) is 0 Å². The molecule has 10 heteroatoms. The highest BCUT2D eigenvalue weighted by atomic mass is 31.2. The highest BCUT2D eigenvalue weighted by molar-refractivity contribution is 7.47. The summed E-state index contributed by atoms with van der Waals surface area (Å²) in [4.78, 5) is 34.0. The Hall–Kier alpha value is -3.85. The normalized spacial score (nSPS) is 14.3. The Morgan fingerprint density at radius 1 is 0.508 bits per heavy atom. The highest BCUT2D eigenvalue weighted by Gasteiger charge is 2.23. The number of rotatable bonds is 44. The van der Waals surface area contributed by atoms with E-state index in [-0.39, 0.29) is 38.5 Å². The number of hydrogen-bond acceptors (Lipinski definition) is 7. The Morgan fingerprint density at radius 3 is 1.37 bits per heavy atom. The van der Waals surface area contributed by atoms with Crippen molar-refractivity contribution in [3.63, 3.8) is 0 Å². The predicted octanol–water partition coefficient (Wildman–Crippen LogP) is 14.7. The van der Waals surface area contributed by atoms with E-state index in [0.717, 1.165) is 83.5 Å². The minimum atomic E-state index is -4.46. The van der Waals surface area contributed by atoms with Gasteiger partial charge in [-0.25, -0.2) is 4.57 Å². The van der Waals surface area contributed by atoms with E-state index >= 15 is 0 Å². The maximum absolute atomic E-state index is 12.1. The molecule has 9 nitrogen and oxygen atoms in total. The number of hydrogen-bond donors (Lipinski definition) is 3. The van der Waals surface area contributed by atoms with Crippen molar-refractivity contribution in [2.45, 2.75) is 174 Å². The molecule has 0 bridgehead atoms. The number of carbonyl (C=O) groups is 2. The molecular weight excluding hydrogens is 834 g/mol. The monoisotopic (exact) mass is 922 g/mol. The van der Waals surface area contributed by atoms with Crippen LogP contribution in [-0.4, -0.2) is 54.3 Å². The third kappa shape index (κ3) is 51.0. The summed E-state index contributed by atoms with van der Waals surface area (Å²) < 4.78 is 26.9. The molecule has 2 unspecified atom stereocenters. The van der Waals surface area contributed by atoms with Gasteiger partial charge in [0, 0.05) is 19.4 Å². The van der Waals surface area contributed by atoms with Crippen molar-refractivity contribution in [3.05, 3.63) is 134 Å². The molecule has 0 aromatic heterocycles. The quantitative estimate of drug-likeness (QED) is 0.0238. The van der Waals surface area contributed by atoms with E-state index in [1.165, 1.54) is 44.9 Å². The molecule has 0 rings (SSSR count). The minimum Gasteiger partial charge on any atom is -0.463 e. The number of esters is 1. The second kappa shape index (κ2) is 49.6. The van der Waals surface area contributed by atoms with Crippen molar-refractivity contribution in [1.29, 1.82) is 0 Å². The SMILES string of the molecule is CC/C=C\C/C=C\C/C=C\C/C=C\C/C=C\C/C=C\C/C=C\CC(=O)NCCOP(=O)(O)OCC(O)COC(=O)CCCCCCCCC/C=C\C/C=C\C/C=C\C/C=C\CCCCC. The van der Waals surface area contributed by atoms with Crippen molar-refractivity contribution in [2.75, 3.05) is 26.4 Å². The van der Waals surface area contributed by atoms with Crippen molar-refractivity contribution < 1.29 is 37.9 Å². The Morgan fingerprint density at radius 2 is 0.908 bits per heavy atom. The molecule has 0 spiro atoms. The number of phosphoric ester groups is 1. The number of amides is 1. The summed E-state index contributed by atoms with van der Waals surface area (Å²) in [6.45, 7) is 3.25. The lowest BCUT2D eigenvalue weighted by Crippen LogP contribution is -2.26. The van der Waals surface area contributed by atoms with Crippen LogP contribution >= 0.6 is 7.82 Å². The average Bonchev–Trinajstić information content (AvgIpc) is 3.29. The highest BCUT2D eigenvalue weighted by Crippen LogP contribution is 2.42. The fraction of sp³-hybridized carbons (Fsp3) is 0.564. The maximum atomic E-state index is 12.1. The number of carbonyl (C=O) groups excluding carboxylic acids is 2. The van der Waals surface area contributed by atoms with Crippen LogP contribution in [0.1, 0.15) is 168 Å². The van der Waals surface area contributed by atoms with Gasteiger partial charge in [0.05, 0.1) is 13.2 Å². The number of allylic oxidation sites excluding steroid dienone is 21. The number of nitrogens with one attached hydrogen (secondary N) is 1. The van der Waals surface area contributed by atoms with Crippen LogP contribution < -0.4 is 5.32 Å². The standard InChI is InChI=1S/C55H88NO8P/c1-3-5-7-9-11-13-15-17-19-21-23-25-26-28-30-32-34-36-38-40-42-44-46-48-55(59)62-51-53(57)52-64-65(60,61)63-50-49-56-54(58)47-45-43-41-39-37-35-33-31-29-27-24-22-20-18-16-14-12-10-8-6-4-2/h6,8,11-14,17-20,23-25,27-28,30-31,33,37,39,43,45,53,57H,3-5,7,9-10,15-16,21-22,26,29,32,34-36,38,40-42,44,46-52H2,1-2H3,(H,56,58)(H,60,61)/b8-6-,13-11-,14-12-,19-17-,20-18-,25-23-,27-24-,30-28-,33-31-,39-37-,45-43-. The molecular formula is C55H88NO8P. The molecule has 3 N–H and O–H groups in total. The average molecular weight is 922 g/mol. The summed E-state index contributed by atoms with van der Waals surface area (Å²) in [6.07, 6.45) is 69.8. The van der Waals surface area contributed by atoms with Gasteiger partial charge in [0.2, 0.25) is 5.91 Å². The van der Waals surface area contributed by atoms with Gasteiger partial charge in [-0.1, -0.05) is 192 Å². The molecule has 2 atom stereocenters. The van der Waals surface area contributed by atoms with Gasteiger partial charge in [-0.05, 0) is 96.3 Å². The van der Waals surface area contributed by atoms with Gasteiger partial charge in [0.15, 0.2) is 0 Å². The zero-order valence-electron chi connectivity index (χ0n) is 40.4. The van der Waals surface area contributed by atoms with Crippen LogP contribution in [0, 0.1) is 0 Å². The number of aliphatic hydroxyl groups is 1. The summed E-state index contributed by atoms with van der Waals surface area (Å²) in [6, 6.07) is 0. The number of unbranched alkanes of at least 4 members (excludes halogenated alkanes) is 10. The van der Waals surface area contributed by atoms with Gasteiger partial charge in [0.25, 0.3) is 0 Å². The minimum absolute atomic E-state index is 0.0145. The van der Waals surface area contributed by atoms with Gasteiger partial charge in [-0.3, -0.25) is 18.6 Å². The second-order valence-electron chi connectivity index (χ2n) is 15.7. The maximum Gasteiger partial charge on any atom is 0.472 e.